The zero-order chi connectivity index (χ0) is 22.1. The average molecular weight is 420 g/mol. The third-order valence-corrected chi connectivity index (χ3v) is 5.58. The normalized spacial score (nSPS) is 15.3. The number of rotatable bonds is 9. The van der Waals surface area contributed by atoms with Gasteiger partial charge in [0.1, 0.15) is 0 Å². The van der Waals surface area contributed by atoms with E-state index in [1.807, 2.05) is 13.0 Å². The van der Waals surface area contributed by atoms with E-state index < -0.39 is 0 Å². The number of carbonyl (C=O) groups excluding carboxylic acids is 1. The number of nitrogens with two attached hydrogens (primary N) is 1. The fourth-order valence-corrected chi connectivity index (χ4v) is 3.75. The largest absolute Gasteiger partial charge is 0.326 e. The van der Waals surface area contributed by atoms with Crippen LogP contribution in [0.2, 0.25) is 0 Å². The highest BCUT2D eigenvalue weighted by Gasteiger charge is 2.19. The first-order chi connectivity index (χ1) is 15.1. The Morgan fingerprint density at radius 2 is 1.84 bits per heavy atom. The second-order valence-corrected chi connectivity index (χ2v) is 8.05. The van der Waals surface area contributed by atoms with Crippen LogP contribution in [0.4, 0.5) is 0 Å². The van der Waals surface area contributed by atoms with Crippen LogP contribution >= 0.6 is 0 Å². The van der Waals surface area contributed by atoms with E-state index in [0.717, 1.165) is 55.8 Å². The van der Waals surface area contributed by atoms with Crippen LogP contribution in [-0.2, 0) is 24.3 Å². The van der Waals surface area contributed by atoms with E-state index in [1.54, 1.807) is 6.21 Å². The molecular formula is C25H33N5O. The summed E-state index contributed by atoms with van der Waals surface area (Å²) in [5, 5.41) is 4.16. The van der Waals surface area contributed by atoms with Gasteiger partial charge in [-0.05, 0) is 47.2 Å². The molecule has 6 heteroatoms. The van der Waals surface area contributed by atoms with Gasteiger partial charge in [-0.25, -0.2) is 5.43 Å². The monoisotopic (exact) mass is 419 g/mol. The minimum atomic E-state index is -0.0831. The molecule has 164 valence electrons. The number of amides is 1. The maximum Gasteiger partial charge on any atom is 0.254 e. The lowest BCUT2D eigenvalue weighted by molar-refractivity contribution is -0.122. The summed E-state index contributed by atoms with van der Waals surface area (Å²) in [7, 11) is 0. The van der Waals surface area contributed by atoms with Crippen LogP contribution in [0, 0.1) is 6.92 Å². The van der Waals surface area contributed by atoms with Crippen molar-refractivity contribution in [3.63, 3.8) is 0 Å². The van der Waals surface area contributed by atoms with Crippen molar-refractivity contribution in [3.05, 3.63) is 82.9 Å². The summed E-state index contributed by atoms with van der Waals surface area (Å²) in [6.07, 6.45) is 4.41. The average Bonchev–Trinajstić information content (AvgIpc) is 2.77. The number of hydrogen-bond acceptors (Lipinski definition) is 5. The van der Waals surface area contributed by atoms with Crippen molar-refractivity contribution < 1.29 is 4.79 Å². The Morgan fingerprint density at radius 1 is 1.10 bits per heavy atom. The molecule has 3 rings (SSSR count). The van der Waals surface area contributed by atoms with Crippen LogP contribution in [0.3, 0.4) is 0 Å². The van der Waals surface area contributed by atoms with Crippen molar-refractivity contribution in [2.75, 3.05) is 32.7 Å². The van der Waals surface area contributed by atoms with Gasteiger partial charge >= 0.3 is 0 Å². The summed E-state index contributed by atoms with van der Waals surface area (Å²) in [6.45, 7) is 11.3. The SMILES string of the molecule is C=CCc1ccc(C)c(/C=N/NC(=O)CN2CCN(Cc3cccc(CN)c3)CC2)c1. The first-order valence-electron chi connectivity index (χ1n) is 10.8. The Hall–Kier alpha value is -2.80. The highest BCUT2D eigenvalue weighted by atomic mass is 16.2. The number of allylic oxidation sites excluding steroid dienone is 1. The lowest BCUT2D eigenvalue weighted by atomic mass is 10.0. The standard InChI is InChI=1S/C25H33N5O/c1-3-5-21-9-8-20(2)24(15-21)17-27-28-25(31)19-30-12-10-29(11-13-30)18-23-7-4-6-22(14-23)16-26/h3-4,6-9,14-15,17H,1,5,10-13,16,18-19,26H2,2H3,(H,28,31)/b27-17+. The molecule has 6 nitrogen and oxygen atoms in total. The van der Waals surface area contributed by atoms with E-state index in [9.17, 15) is 4.79 Å². The van der Waals surface area contributed by atoms with Crippen molar-refractivity contribution in [1.29, 1.82) is 0 Å². The van der Waals surface area contributed by atoms with E-state index in [4.69, 9.17) is 5.73 Å². The molecule has 2 aromatic carbocycles. The molecule has 1 aliphatic rings. The van der Waals surface area contributed by atoms with Gasteiger partial charge in [-0.3, -0.25) is 14.6 Å². The van der Waals surface area contributed by atoms with Crippen molar-refractivity contribution in [2.24, 2.45) is 10.8 Å². The highest BCUT2D eigenvalue weighted by Crippen LogP contribution is 2.11. The molecule has 0 bridgehead atoms. The predicted octanol–water partition coefficient (Wildman–Crippen LogP) is 2.45. The van der Waals surface area contributed by atoms with Crippen molar-refractivity contribution in [1.82, 2.24) is 15.2 Å². The molecule has 1 amide bonds. The van der Waals surface area contributed by atoms with Crippen LogP contribution in [0.1, 0.15) is 27.8 Å². The summed E-state index contributed by atoms with van der Waals surface area (Å²) < 4.78 is 0. The summed E-state index contributed by atoms with van der Waals surface area (Å²) >= 11 is 0. The Morgan fingerprint density at radius 3 is 2.58 bits per heavy atom. The van der Waals surface area contributed by atoms with Crippen LogP contribution < -0.4 is 11.2 Å². The molecule has 1 heterocycles. The van der Waals surface area contributed by atoms with Crippen molar-refractivity contribution in [3.8, 4) is 0 Å². The minimum Gasteiger partial charge on any atom is -0.326 e. The van der Waals surface area contributed by atoms with Gasteiger partial charge in [0, 0.05) is 39.3 Å². The van der Waals surface area contributed by atoms with Crippen LogP contribution in [0.5, 0.6) is 0 Å². The third-order valence-electron chi connectivity index (χ3n) is 5.58. The number of carbonyl (C=O) groups is 1. The lowest BCUT2D eigenvalue weighted by Gasteiger charge is -2.34. The number of nitrogens with zero attached hydrogens (tertiary/aromatic N) is 3. The molecular weight excluding hydrogens is 386 g/mol. The number of piperazine rings is 1. The Balaban J connectivity index is 1.42. The quantitative estimate of drug-likeness (QED) is 0.372. The first kappa shape index (κ1) is 22.9. The molecule has 0 aliphatic carbocycles. The second kappa shape index (κ2) is 11.6. The molecule has 2 aromatic rings. The number of hydrogen-bond donors (Lipinski definition) is 2. The zero-order valence-corrected chi connectivity index (χ0v) is 18.4. The van der Waals surface area contributed by atoms with E-state index in [0.29, 0.717) is 13.1 Å². The fraction of sp³-hybridized carbons (Fsp3) is 0.360. The van der Waals surface area contributed by atoms with E-state index in [1.165, 1.54) is 11.1 Å². The second-order valence-electron chi connectivity index (χ2n) is 8.05. The van der Waals surface area contributed by atoms with Crippen LogP contribution in [0.25, 0.3) is 0 Å². The van der Waals surface area contributed by atoms with E-state index in [-0.39, 0.29) is 5.91 Å². The first-order valence-corrected chi connectivity index (χ1v) is 10.8. The molecule has 1 aliphatic heterocycles. The Bertz CT molecular complexity index is 916. The van der Waals surface area contributed by atoms with Gasteiger partial charge in [0.05, 0.1) is 12.8 Å². The summed E-state index contributed by atoms with van der Waals surface area (Å²) in [4.78, 5) is 16.9. The lowest BCUT2D eigenvalue weighted by Crippen LogP contribution is -2.48. The van der Waals surface area contributed by atoms with Gasteiger partial charge in [-0.15, -0.1) is 6.58 Å². The van der Waals surface area contributed by atoms with Crippen LogP contribution in [0.15, 0.2) is 60.2 Å². The fourth-order valence-electron chi connectivity index (χ4n) is 3.75. The van der Waals surface area contributed by atoms with Gasteiger partial charge in [-0.1, -0.05) is 42.5 Å². The number of hydrazone groups is 1. The van der Waals surface area contributed by atoms with Gasteiger partial charge in [0.2, 0.25) is 0 Å². The molecule has 0 unspecified atom stereocenters. The third kappa shape index (κ3) is 7.14. The van der Waals surface area contributed by atoms with Crippen molar-refractivity contribution >= 4 is 12.1 Å². The Kier molecular flexibility index (Phi) is 8.53. The van der Waals surface area contributed by atoms with E-state index in [2.05, 4.69) is 69.4 Å². The molecule has 31 heavy (non-hydrogen) atoms. The smallest absolute Gasteiger partial charge is 0.254 e. The molecule has 0 aromatic heterocycles. The van der Waals surface area contributed by atoms with Crippen molar-refractivity contribution in [2.45, 2.75) is 26.4 Å². The number of benzene rings is 2. The molecule has 0 atom stereocenters. The maximum atomic E-state index is 12.3. The highest BCUT2D eigenvalue weighted by molar-refractivity contribution is 5.84. The van der Waals surface area contributed by atoms with Gasteiger partial charge < -0.3 is 5.73 Å². The molecule has 3 N–H and O–H groups in total. The zero-order valence-electron chi connectivity index (χ0n) is 18.4. The predicted molar refractivity (Wildman–Crippen MR) is 127 cm³/mol. The minimum absolute atomic E-state index is 0.0831. The number of aryl methyl sites for hydroxylation is 1. The summed E-state index contributed by atoms with van der Waals surface area (Å²) in [5.41, 5.74) is 14.2. The van der Waals surface area contributed by atoms with Gasteiger partial charge in [0.25, 0.3) is 5.91 Å². The molecule has 0 saturated carbocycles. The molecule has 1 fully saturated rings. The van der Waals surface area contributed by atoms with Gasteiger partial charge in [-0.2, -0.15) is 5.10 Å². The summed E-state index contributed by atoms with van der Waals surface area (Å²) in [5.74, 6) is -0.0831. The maximum absolute atomic E-state index is 12.3. The number of nitrogens with one attached hydrogen (secondary N) is 1. The molecule has 1 saturated heterocycles. The van der Waals surface area contributed by atoms with E-state index >= 15 is 0 Å². The molecule has 0 radical (unpaired) electrons. The van der Waals surface area contributed by atoms with Crippen LogP contribution in [-0.4, -0.2) is 54.6 Å². The van der Waals surface area contributed by atoms with Gasteiger partial charge in [0.15, 0.2) is 0 Å². The Labute approximate surface area is 185 Å². The topological polar surface area (TPSA) is 74.0 Å². The summed E-state index contributed by atoms with van der Waals surface area (Å²) in [6, 6.07) is 14.7. The molecule has 0 spiro atoms.